The van der Waals surface area contributed by atoms with Crippen molar-refractivity contribution in [3.05, 3.63) is 30.1 Å². The molecule has 1 aromatic rings. The Bertz CT molecular complexity index is 390. The summed E-state index contributed by atoms with van der Waals surface area (Å²) in [6.07, 6.45) is 7.37. The van der Waals surface area contributed by atoms with Gasteiger partial charge in [0.25, 0.3) is 5.78 Å². The third kappa shape index (κ3) is 3.42. The normalized spacial score (nSPS) is 10.7. The molecule has 0 bridgehead atoms. The Morgan fingerprint density at radius 1 is 1.53 bits per heavy atom. The van der Waals surface area contributed by atoms with Crippen LogP contribution in [-0.4, -0.2) is 21.4 Å². The lowest BCUT2D eigenvalue weighted by molar-refractivity contribution is -0.146. The Balaban J connectivity index is 2.64. The molecule has 0 atom stereocenters. The summed E-state index contributed by atoms with van der Waals surface area (Å²) in [6.45, 7) is 2.99. The molecule has 0 amide bonds. The minimum atomic E-state index is -1.43. The predicted octanol–water partition coefficient (Wildman–Crippen LogP) is 1.56. The van der Waals surface area contributed by atoms with Gasteiger partial charge in [0.05, 0.1) is 0 Å². The molecule has 0 unspecified atom stereocenters. The predicted molar refractivity (Wildman–Crippen MR) is 56.4 cm³/mol. The highest BCUT2D eigenvalue weighted by Gasteiger charge is 2.05. The van der Waals surface area contributed by atoms with E-state index in [0.717, 1.165) is 24.6 Å². The summed E-state index contributed by atoms with van der Waals surface area (Å²) in [6, 6.07) is 1.83. The fraction of sp³-hybridized carbons (Fsp3) is 0.273. The summed E-state index contributed by atoms with van der Waals surface area (Å²) in [5.41, 5.74) is 0.832. The number of nitrogens with zero attached hydrogens (tertiary/aromatic N) is 1. The van der Waals surface area contributed by atoms with Crippen molar-refractivity contribution in [3.8, 4) is 0 Å². The van der Waals surface area contributed by atoms with E-state index in [2.05, 4.69) is 6.92 Å². The van der Waals surface area contributed by atoms with Crippen molar-refractivity contribution in [2.24, 2.45) is 0 Å². The molecule has 0 aliphatic rings. The van der Waals surface area contributed by atoms with Gasteiger partial charge in [-0.05, 0) is 30.2 Å². The molecule has 1 heterocycles. The molecule has 0 radical (unpaired) electrons. The van der Waals surface area contributed by atoms with Crippen LogP contribution in [0.5, 0.6) is 0 Å². The lowest BCUT2D eigenvalue weighted by Crippen LogP contribution is -2.08. The molecule has 0 saturated carbocycles. The second-order valence-corrected chi connectivity index (χ2v) is 3.19. The van der Waals surface area contributed by atoms with Gasteiger partial charge in [-0.3, -0.25) is 4.79 Å². The number of hydrogen-bond acceptors (Lipinski definition) is 2. The number of aromatic nitrogens is 1. The second kappa shape index (κ2) is 5.14. The number of carbonyl (C=O) groups is 2. The summed E-state index contributed by atoms with van der Waals surface area (Å²) < 4.78 is 1.99. The summed E-state index contributed by atoms with van der Waals surface area (Å²) in [7, 11) is 0. The highest BCUT2D eigenvalue weighted by molar-refractivity contribution is 6.38. The lowest BCUT2D eigenvalue weighted by Gasteiger charge is -1.95. The van der Waals surface area contributed by atoms with Crippen LogP contribution in [-0.2, 0) is 16.1 Å². The monoisotopic (exact) mass is 207 g/mol. The van der Waals surface area contributed by atoms with Crippen molar-refractivity contribution in [2.45, 2.75) is 19.9 Å². The summed E-state index contributed by atoms with van der Waals surface area (Å²) >= 11 is 0. The van der Waals surface area contributed by atoms with Crippen LogP contribution in [0.3, 0.4) is 0 Å². The molecule has 80 valence electrons. The summed E-state index contributed by atoms with van der Waals surface area (Å²) in [5, 5.41) is 8.34. The van der Waals surface area contributed by atoms with Gasteiger partial charge in [-0.2, -0.15) is 0 Å². The van der Waals surface area contributed by atoms with Crippen molar-refractivity contribution >= 4 is 17.8 Å². The van der Waals surface area contributed by atoms with Crippen molar-refractivity contribution < 1.29 is 14.7 Å². The molecule has 15 heavy (non-hydrogen) atoms. The zero-order chi connectivity index (χ0) is 11.3. The van der Waals surface area contributed by atoms with E-state index >= 15 is 0 Å². The molecular formula is C11H13NO3. The lowest BCUT2D eigenvalue weighted by atomic mass is 10.2. The van der Waals surface area contributed by atoms with Gasteiger partial charge in [-0.1, -0.05) is 6.92 Å². The molecule has 4 nitrogen and oxygen atoms in total. The van der Waals surface area contributed by atoms with Gasteiger partial charge < -0.3 is 9.67 Å². The molecule has 0 spiro atoms. The minimum Gasteiger partial charge on any atom is -0.475 e. The number of carboxylic acid groups (broad SMARTS) is 1. The maximum atomic E-state index is 10.8. The topological polar surface area (TPSA) is 59.3 Å². The van der Waals surface area contributed by atoms with Crippen LogP contribution in [0.15, 0.2) is 24.5 Å². The van der Waals surface area contributed by atoms with E-state index in [-0.39, 0.29) is 0 Å². The summed E-state index contributed by atoms with van der Waals surface area (Å²) in [5.74, 6) is -2.34. The second-order valence-electron chi connectivity index (χ2n) is 3.19. The van der Waals surface area contributed by atoms with Crippen molar-refractivity contribution in [2.75, 3.05) is 0 Å². The van der Waals surface area contributed by atoms with Crippen molar-refractivity contribution in [3.63, 3.8) is 0 Å². The highest BCUT2D eigenvalue weighted by atomic mass is 16.4. The Morgan fingerprint density at radius 3 is 2.87 bits per heavy atom. The van der Waals surface area contributed by atoms with Gasteiger partial charge in [-0.15, -0.1) is 0 Å². The van der Waals surface area contributed by atoms with Gasteiger partial charge in [0.2, 0.25) is 0 Å². The van der Waals surface area contributed by atoms with E-state index in [1.54, 1.807) is 0 Å². The van der Waals surface area contributed by atoms with E-state index in [9.17, 15) is 9.59 Å². The maximum absolute atomic E-state index is 10.8. The number of aliphatic carboxylic acids is 1. The largest absolute Gasteiger partial charge is 0.475 e. The number of ketones is 1. The molecule has 1 rings (SSSR count). The van der Waals surface area contributed by atoms with Crippen LogP contribution in [0.1, 0.15) is 18.9 Å². The average molecular weight is 207 g/mol. The average Bonchev–Trinajstić information content (AvgIpc) is 2.62. The van der Waals surface area contributed by atoms with Crippen LogP contribution in [0, 0.1) is 0 Å². The molecule has 0 aromatic carbocycles. The fourth-order valence-electron chi connectivity index (χ4n) is 1.20. The molecule has 4 heteroatoms. The molecule has 0 saturated heterocycles. The molecule has 0 aliphatic heterocycles. The van der Waals surface area contributed by atoms with Crippen LogP contribution >= 0.6 is 0 Å². The highest BCUT2D eigenvalue weighted by Crippen LogP contribution is 2.04. The van der Waals surface area contributed by atoms with Gasteiger partial charge in [0.15, 0.2) is 0 Å². The van der Waals surface area contributed by atoms with Gasteiger partial charge in [0.1, 0.15) is 0 Å². The zero-order valence-corrected chi connectivity index (χ0v) is 8.51. The maximum Gasteiger partial charge on any atom is 0.376 e. The van der Waals surface area contributed by atoms with E-state index in [0.29, 0.717) is 0 Å². The van der Waals surface area contributed by atoms with E-state index in [1.807, 2.05) is 23.0 Å². The smallest absolute Gasteiger partial charge is 0.376 e. The number of rotatable bonds is 5. The first-order valence-electron chi connectivity index (χ1n) is 4.74. The third-order valence-electron chi connectivity index (χ3n) is 1.89. The van der Waals surface area contributed by atoms with Crippen LogP contribution in [0.4, 0.5) is 0 Å². The molecule has 0 fully saturated rings. The molecule has 0 aliphatic carbocycles. The summed E-state index contributed by atoms with van der Waals surface area (Å²) in [4.78, 5) is 21.0. The number of hydrogen-bond donors (Lipinski definition) is 1. The first-order chi connectivity index (χ1) is 7.13. The number of aryl methyl sites for hydroxylation is 1. The Hall–Kier alpha value is -1.84. The molecule has 1 aromatic heterocycles. The number of carboxylic acids is 1. The Morgan fingerprint density at radius 2 is 2.27 bits per heavy atom. The first kappa shape index (κ1) is 11.2. The van der Waals surface area contributed by atoms with Gasteiger partial charge in [-0.25, -0.2) is 4.79 Å². The number of carbonyl (C=O) groups excluding carboxylic acids is 1. The SMILES string of the molecule is CCCn1ccc(/C=C/C(=O)C(=O)O)c1. The van der Waals surface area contributed by atoms with Gasteiger partial charge in [0, 0.05) is 18.9 Å². The van der Waals surface area contributed by atoms with E-state index in [4.69, 9.17) is 5.11 Å². The van der Waals surface area contributed by atoms with Crippen LogP contribution < -0.4 is 0 Å². The van der Waals surface area contributed by atoms with E-state index < -0.39 is 11.8 Å². The Labute approximate surface area is 87.8 Å². The van der Waals surface area contributed by atoms with Crippen LogP contribution in [0.25, 0.3) is 6.08 Å². The Kier molecular flexibility index (Phi) is 3.85. The fourth-order valence-corrected chi connectivity index (χ4v) is 1.20. The molecule has 1 N–H and O–H groups in total. The van der Waals surface area contributed by atoms with E-state index in [1.165, 1.54) is 6.08 Å². The van der Waals surface area contributed by atoms with Crippen LogP contribution in [0.2, 0.25) is 0 Å². The minimum absolute atomic E-state index is 0.832. The molecular weight excluding hydrogens is 194 g/mol. The van der Waals surface area contributed by atoms with Crippen molar-refractivity contribution in [1.82, 2.24) is 4.57 Å². The first-order valence-corrected chi connectivity index (χ1v) is 4.74. The van der Waals surface area contributed by atoms with Crippen molar-refractivity contribution in [1.29, 1.82) is 0 Å². The standard InChI is InChI=1S/C11H13NO3/c1-2-6-12-7-5-9(8-12)3-4-10(13)11(14)15/h3-5,7-8H,2,6H2,1H3,(H,14,15)/b4-3+. The van der Waals surface area contributed by atoms with Gasteiger partial charge >= 0.3 is 5.97 Å². The zero-order valence-electron chi connectivity index (χ0n) is 8.51. The quantitative estimate of drug-likeness (QED) is 0.588. The third-order valence-corrected chi connectivity index (χ3v) is 1.89.